The van der Waals surface area contributed by atoms with E-state index in [2.05, 4.69) is 12.2 Å². The molecule has 0 saturated heterocycles. The second kappa shape index (κ2) is 7.03. The minimum absolute atomic E-state index is 0.429. The summed E-state index contributed by atoms with van der Waals surface area (Å²) in [6, 6.07) is 0. The molecular weight excluding hydrogens is 126 g/mol. The van der Waals surface area contributed by atoms with Gasteiger partial charge in [-0.3, -0.25) is 0 Å². The highest BCUT2D eigenvalue weighted by atomic mass is 16.5. The molecule has 0 amide bonds. The number of ether oxygens (including phenoxy) is 1. The molecule has 0 spiro atoms. The third-order valence-electron chi connectivity index (χ3n) is 1.49. The Kier molecular flexibility index (Phi) is 6.98. The first-order chi connectivity index (χ1) is 4.81. The van der Waals surface area contributed by atoms with Crippen LogP contribution in [0.15, 0.2) is 0 Å². The van der Waals surface area contributed by atoms with Crippen molar-refractivity contribution in [1.82, 2.24) is 5.32 Å². The second-order valence-corrected chi connectivity index (χ2v) is 2.51. The largest absolute Gasteiger partial charge is 0.379 e. The van der Waals surface area contributed by atoms with E-state index in [0.717, 1.165) is 19.6 Å². The van der Waals surface area contributed by atoms with E-state index in [1.54, 1.807) is 0 Å². The highest BCUT2D eigenvalue weighted by Crippen LogP contribution is 1.99. The van der Waals surface area contributed by atoms with Crippen LogP contribution in [-0.2, 0) is 4.74 Å². The lowest BCUT2D eigenvalue weighted by atomic mass is 10.2. The molecule has 0 aromatic heterocycles. The molecule has 0 rings (SSSR count). The van der Waals surface area contributed by atoms with E-state index in [0.29, 0.717) is 6.10 Å². The van der Waals surface area contributed by atoms with Gasteiger partial charge in [-0.2, -0.15) is 0 Å². The van der Waals surface area contributed by atoms with Gasteiger partial charge in [0.25, 0.3) is 0 Å². The summed E-state index contributed by atoms with van der Waals surface area (Å²) >= 11 is 0. The van der Waals surface area contributed by atoms with E-state index in [1.165, 1.54) is 6.42 Å². The van der Waals surface area contributed by atoms with Crippen LogP contribution in [0.2, 0.25) is 0 Å². The maximum atomic E-state index is 5.36. The van der Waals surface area contributed by atoms with E-state index < -0.39 is 0 Å². The van der Waals surface area contributed by atoms with E-state index in [1.807, 2.05) is 14.0 Å². The van der Waals surface area contributed by atoms with E-state index in [9.17, 15) is 0 Å². The molecule has 0 aromatic rings. The molecule has 0 radical (unpaired) electrons. The van der Waals surface area contributed by atoms with Gasteiger partial charge in [-0.1, -0.05) is 0 Å². The van der Waals surface area contributed by atoms with Crippen molar-refractivity contribution in [2.75, 3.05) is 20.2 Å². The Bertz CT molecular complexity index is 66.3. The number of hydrogen-bond donors (Lipinski definition) is 1. The second-order valence-electron chi connectivity index (χ2n) is 2.51. The monoisotopic (exact) mass is 145 g/mol. The molecule has 0 heterocycles. The molecule has 1 N–H and O–H groups in total. The quantitative estimate of drug-likeness (QED) is 0.571. The Morgan fingerprint density at radius 3 is 2.70 bits per heavy atom. The van der Waals surface area contributed by atoms with E-state index in [4.69, 9.17) is 4.74 Å². The molecule has 0 aromatic carbocycles. The Hall–Kier alpha value is -0.0800. The highest BCUT2D eigenvalue weighted by Gasteiger charge is 1.98. The van der Waals surface area contributed by atoms with Crippen molar-refractivity contribution >= 4 is 0 Å². The van der Waals surface area contributed by atoms with Gasteiger partial charge in [0.2, 0.25) is 0 Å². The molecule has 2 heteroatoms. The lowest BCUT2D eigenvalue weighted by Gasteiger charge is -2.10. The third-order valence-corrected chi connectivity index (χ3v) is 1.49. The maximum absolute atomic E-state index is 5.36. The van der Waals surface area contributed by atoms with Gasteiger partial charge in [-0.25, -0.2) is 0 Å². The summed E-state index contributed by atoms with van der Waals surface area (Å²) in [5.74, 6) is 0. The normalized spacial score (nSPS) is 13.5. The van der Waals surface area contributed by atoms with Gasteiger partial charge < -0.3 is 10.1 Å². The molecule has 0 saturated carbocycles. The first-order valence-electron chi connectivity index (χ1n) is 4.07. The van der Waals surface area contributed by atoms with E-state index >= 15 is 0 Å². The van der Waals surface area contributed by atoms with Crippen LogP contribution in [0, 0.1) is 0 Å². The van der Waals surface area contributed by atoms with Crippen LogP contribution in [0.1, 0.15) is 26.7 Å². The molecule has 10 heavy (non-hydrogen) atoms. The molecule has 0 bridgehead atoms. The van der Waals surface area contributed by atoms with Crippen LogP contribution < -0.4 is 5.32 Å². The highest BCUT2D eigenvalue weighted by molar-refractivity contribution is 4.51. The van der Waals surface area contributed by atoms with Gasteiger partial charge in [-0.15, -0.1) is 0 Å². The Morgan fingerprint density at radius 1 is 1.50 bits per heavy atom. The van der Waals surface area contributed by atoms with Crippen LogP contribution in [0.3, 0.4) is 0 Å². The first-order valence-corrected chi connectivity index (χ1v) is 4.07. The summed E-state index contributed by atoms with van der Waals surface area (Å²) in [5, 5.41) is 3.11. The number of hydrogen-bond acceptors (Lipinski definition) is 2. The third kappa shape index (κ3) is 6.05. The Labute approximate surface area is 64.0 Å². The minimum atomic E-state index is 0.429. The predicted octanol–water partition coefficient (Wildman–Crippen LogP) is 1.41. The summed E-state index contributed by atoms with van der Waals surface area (Å²) in [6.07, 6.45) is 2.80. The predicted molar refractivity (Wildman–Crippen MR) is 44.2 cm³/mol. The summed E-state index contributed by atoms with van der Waals surface area (Å²) in [7, 11) is 1.98. The molecule has 0 fully saturated rings. The average molecular weight is 145 g/mol. The molecule has 1 atom stereocenters. The summed E-state index contributed by atoms with van der Waals surface area (Å²) in [5.41, 5.74) is 0. The van der Waals surface area contributed by atoms with Crippen molar-refractivity contribution in [3.05, 3.63) is 0 Å². The standard InChI is InChI=1S/C8H19NO/c1-4-10-8(2)6-5-7-9-3/h8-9H,4-7H2,1-3H3/t8-/m1/s1. The van der Waals surface area contributed by atoms with Gasteiger partial charge in [-0.05, 0) is 40.3 Å². The van der Waals surface area contributed by atoms with Crippen molar-refractivity contribution in [2.24, 2.45) is 0 Å². The van der Waals surface area contributed by atoms with Gasteiger partial charge in [0.15, 0.2) is 0 Å². The fourth-order valence-corrected chi connectivity index (χ4v) is 0.934. The lowest BCUT2D eigenvalue weighted by Crippen LogP contribution is -2.13. The first kappa shape index (κ1) is 9.92. The smallest absolute Gasteiger partial charge is 0.0547 e. The zero-order valence-corrected chi connectivity index (χ0v) is 7.31. The Morgan fingerprint density at radius 2 is 2.20 bits per heavy atom. The summed E-state index contributed by atoms with van der Waals surface area (Å²) in [6.45, 7) is 6.09. The lowest BCUT2D eigenvalue weighted by molar-refractivity contribution is 0.0690. The molecule has 0 aliphatic heterocycles. The van der Waals surface area contributed by atoms with Crippen molar-refractivity contribution in [1.29, 1.82) is 0 Å². The number of rotatable bonds is 6. The van der Waals surface area contributed by atoms with Crippen LogP contribution in [-0.4, -0.2) is 26.3 Å². The Balaban J connectivity index is 2.97. The molecule has 0 unspecified atom stereocenters. The van der Waals surface area contributed by atoms with Crippen molar-refractivity contribution in [3.8, 4) is 0 Å². The van der Waals surface area contributed by atoms with Gasteiger partial charge in [0, 0.05) is 6.61 Å². The molecule has 2 nitrogen and oxygen atoms in total. The fraction of sp³-hybridized carbons (Fsp3) is 1.00. The van der Waals surface area contributed by atoms with Crippen molar-refractivity contribution < 1.29 is 4.74 Å². The van der Waals surface area contributed by atoms with Crippen molar-refractivity contribution in [2.45, 2.75) is 32.8 Å². The van der Waals surface area contributed by atoms with Gasteiger partial charge >= 0.3 is 0 Å². The van der Waals surface area contributed by atoms with Crippen LogP contribution in [0.5, 0.6) is 0 Å². The summed E-state index contributed by atoms with van der Waals surface area (Å²) in [4.78, 5) is 0. The molecular formula is C8H19NO. The maximum Gasteiger partial charge on any atom is 0.0547 e. The molecule has 62 valence electrons. The van der Waals surface area contributed by atoms with Crippen LogP contribution >= 0.6 is 0 Å². The van der Waals surface area contributed by atoms with Gasteiger partial charge in [0.05, 0.1) is 6.10 Å². The minimum Gasteiger partial charge on any atom is -0.379 e. The molecule has 0 aliphatic carbocycles. The molecule has 0 aliphatic rings. The van der Waals surface area contributed by atoms with Crippen LogP contribution in [0.25, 0.3) is 0 Å². The average Bonchev–Trinajstić information content (AvgIpc) is 1.89. The summed E-state index contributed by atoms with van der Waals surface area (Å²) < 4.78 is 5.36. The van der Waals surface area contributed by atoms with Crippen molar-refractivity contribution in [3.63, 3.8) is 0 Å². The zero-order valence-electron chi connectivity index (χ0n) is 7.31. The fourth-order valence-electron chi connectivity index (χ4n) is 0.934. The van der Waals surface area contributed by atoms with E-state index in [-0.39, 0.29) is 0 Å². The van der Waals surface area contributed by atoms with Crippen LogP contribution in [0.4, 0.5) is 0 Å². The SMILES string of the molecule is CCO[C@H](C)CCCNC. The topological polar surface area (TPSA) is 21.3 Å². The number of nitrogens with one attached hydrogen (secondary N) is 1. The zero-order chi connectivity index (χ0) is 7.82. The van der Waals surface area contributed by atoms with Gasteiger partial charge in [0.1, 0.15) is 0 Å².